The molecule has 102 valence electrons. The molecule has 0 unspecified atom stereocenters. The van der Waals surface area contributed by atoms with Gasteiger partial charge in [0.1, 0.15) is 0 Å². The first-order chi connectivity index (χ1) is 8.85. The molecule has 1 aromatic heterocycles. The Morgan fingerprint density at radius 3 is 2.63 bits per heavy atom. The van der Waals surface area contributed by atoms with Crippen LogP contribution in [0.5, 0.6) is 0 Å². The van der Waals surface area contributed by atoms with Crippen molar-refractivity contribution in [1.82, 2.24) is 10.3 Å². The summed E-state index contributed by atoms with van der Waals surface area (Å²) in [5.41, 5.74) is 0.642. The number of amides is 1. The second-order valence-electron chi connectivity index (χ2n) is 5.42. The van der Waals surface area contributed by atoms with Crippen LogP contribution in [0.15, 0.2) is 16.4 Å². The van der Waals surface area contributed by atoms with Crippen LogP contribution in [0.3, 0.4) is 0 Å². The summed E-state index contributed by atoms with van der Waals surface area (Å²) in [6.07, 6.45) is 2.79. The molecule has 0 bridgehead atoms. The van der Waals surface area contributed by atoms with Crippen LogP contribution in [-0.2, 0) is 9.59 Å². The van der Waals surface area contributed by atoms with E-state index in [1.807, 2.05) is 13.8 Å². The number of rotatable bonds is 3. The van der Waals surface area contributed by atoms with Gasteiger partial charge in [-0.1, -0.05) is 13.8 Å². The van der Waals surface area contributed by atoms with Gasteiger partial charge < -0.3 is 10.6 Å². The molecule has 0 aliphatic heterocycles. The Balaban J connectivity index is 2.15. The third kappa shape index (κ3) is 3.40. The lowest BCUT2D eigenvalue weighted by molar-refractivity contribution is -0.117. The van der Waals surface area contributed by atoms with Crippen LogP contribution >= 0.6 is 0 Å². The van der Waals surface area contributed by atoms with Crippen LogP contribution in [0, 0.1) is 5.41 Å². The fourth-order valence-electron chi connectivity index (χ4n) is 2.10. The number of nitrogens with one attached hydrogen (secondary N) is 2. The normalized spacial score (nSPS) is 17.8. The zero-order valence-electron chi connectivity index (χ0n) is 11.1. The first-order valence-electron chi connectivity index (χ1n) is 5.96. The molecule has 2 rings (SSSR count). The predicted molar refractivity (Wildman–Crippen MR) is 68.3 cm³/mol. The van der Waals surface area contributed by atoms with Crippen molar-refractivity contribution < 1.29 is 14.2 Å². The molecule has 19 heavy (non-hydrogen) atoms. The average Bonchev–Trinajstić information content (AvgIpc) is 2.61. The Morgan fingerprint density at radius 1 is 1.32 bits per heavy atom. The van der Waals surface area contributed by atoms with Crippen LogP contribution in [0.25, 0.3) is 0 Å². The van der Waals surface area contributed by atoms with Gasteiger partial charge in [0.25, 0.3) is 0 Å². The minimum absolute atomic E-state index is 0.0660. The highest BCUT2D eigenvalue weighted by atomic mass is 16.6. The van der Waals surface area contributed by atoms with Gasteiger partial charge in [-0.15, -0.1) is 0 Å². The highest BCUT2D eigenvalue weighted by molar-refractivity contribution is 5.93. The quantitative estimate of drug-likeness (QED) is 0.862. The molecule has 2 N–H and O–H groups in total. The third-order valence-electron chi connectivity index (χ3n) is 2.72. The topological polar surface area (TPSA) is 97.1 Å². The van der Waals surface area contributed by atoms with E-state index in [0.29, 0.717) is 18.7 Å². The van der Waals surface area contributed by atoms with Crippen LogP contribution in [0.1, 0.15) is 33.6 Å². The summed E-state index contributed by atoms with van der Waals surface area (Å²) in [7, 11) is 0. The highest BCUT2D eigenvalue weighted by Crippen LogP contribution is 2.34. The van der Waals surface area contributed by atoms with E-state index in [2.05, 4.69) is 25.6 Å². The number of anilines is 2. The van der Waals surface area contributed by atoms with Crippen molar-refractivity contribution in [3.8, 4) is 0 Å². The summed E-state index contributed by atoms with van der Waals surface area (Å²) in [6, 6.07) is 0. The number of aromatic nitrogens is 2. The fourth-order valence-corrected chi connectivity index (χ4v) is 2.10. The SMILES string of the molecule is CC(=O)Nc1nonc1NC1=CC(=O)CC(C)(C)C1. The first-order valence-corrected chi connectivity index (χ1v) is 5.96. The number of allylic oxidation sites excluding steroid dienone is 2. The number of carbonyl (C=O) groups is 2. The average molecular weight is 264 g/mol. The smallest absolute Gasteiger partial charge is 0.222 e. The second-order valence-corrected chi connectivity index (χ2v) is 5.42. The molecule has 0 spiro atoms. The number of hydrogen-bond donors (Lipinski definition) is 2. The molecule has 1 aromatic rings. The molecule has 1 amide bonds. The molecule has 7 nitrogen and oxygen atoms in total. The van der Waals surface area contributed by atoms with Crippen molar-refractivity contribution in [1.29, 1.82) is 0 Å². The van der Waals surface area contributed by atoms with Gasteiger partial charge in [0.15, 0.2) is 5.78 Å². The van der Waals surface area contributed by atoms with Crippen molar-refractivity contribution in [2.75, 3.05) is 10.6 Å². The van der Waals surface area contributed by atoms with Crippen LogP contribution in [-0.4, -0.2) is 22.0 Å². The van der Waals surface area contributed by atoms with E-state index in [0.717, 1.165) is 5.70 Å². The van der Waals surface area contributed by atoms with E-state index in [1.165, 1.54) is 6.92 Å². The molecule has 0 saturated carbocycles. The molecule has 0 aromatic carbocycles. The van der Waals surface area contributed by atoms with Gasteiger partial charge >= 0.3 is 0 Å². The lowest BCUT2D eigenvalue weighted by Crippen LogP contribution is -2.24. The number of carbonyl (C=O) groups excluding carboxylic acids is 2. The maximum absolute atomic E-state index is 11.6. The summed E-state index contributed by atoms with van der Waals surface area (Å²) in [5, 5.41) is 12.7. The van der Waals surface area contributed by atoms with E-state index >= 15 is 0 Å². The zero-order chi connectivity index (χ0) is 14.0. The Kier molecular flexibility index (Phi) is 3.37. The van der Waals surface area contributed by atoms with Gasteiger partial charge in [-0.3, -0.25) is 9.59 Å². The number of ketones is 1. The van der Waals surface area contributed by atoms with Gasteiger partial charge in [0.2, 0.25) is 17.5 Å². The Morgan fingerprint density at radius 2 is 2.00 bits per heavy atom. The van der Waals surface area contributed by atoms with Crippen LogP contribution in [0.2, 0.25) is 0 Å². The molecule has 0 fully saturated rings. The van der Waals surface area contributed by atoms with Gasteiger partial charge in [0, 0.05) is 25.1 Å². The molecule has 0 radical (unpaired) electrons. The third-order valence-corrected chi connectivity index (χ3v) is 2.72. The van der Waals surface area contributed by atoms with Crippen molar-refractivity contribution in [2.45, 2.75) is 33.6 Å². The molecule has 1 heterocycles. The maximum Gasteiger partial charge on any atom is 0.222 e. The fraction of sp³-hybridized carbons (Fsp3) is 0.500. The summed E-state index contributed by atoms with van der Waals surface area (Å²) >= 11 is 0. The standard InChI is InChI=1S/C12H16N4O3/c1-7(17)13-10-11(16-19-15-10)14-8-4-9(18)6-12(2,3)5-8/h4H,5-6H2,1-3H3,(H,14,16)(H,13,15,17). The summed E-state index contributed by atoms with van der Waals surface area (Å²) in [5.74, 6) is 0.306. The predicted octanol–water partition coefficient (Wildman–Crippen LogP) is 1.71. The Bertz CT molecular complexity index is 545. The van der Waals surface area contributed by atoms with E-state index in [4.69, 9.17) is 0 Å². The molecular weight excluding hydrogens is 248 g/mol. The molecular formula is C12H16N4O3. The zero-order valence-corrected chi connectivity index (χ0v) is 11.1. The van der Waals surface area contributed by atoms with Crippen LogP contribution < -0.4 is 10.6 Å². The molecule has 0 atom stereocenters. The van der Waals surface area contributed by atoms with Crippen molar-refractivity contribution >= 4 is 23.3 Å². The number of nitrogens with zero attached hydrogens (tertiary/aromatic N) is 2. The van der Waals surface area contributed by atoms with Gasteiger partial charge in [-0.05, 0) is 22.1 Å². The van der Waals surface area contributed by atoms with E-state index in [9.17, 15) is 9.59 Å². The lowest BCUT2D eigenvalue weighted by atomic mass is 9.79. The summed E-state index contributed by atoms with van der Waals surface area (Å²) in [6.45, 7) is 5.41. The minimum atomic E-state index is -0.271. The summed E-state index contributed by atoms with van der Waals surface area (Å²) in [4.78, 5) is 22.6. The van der Waals surface area contributed by atoms with E-state index in [-0.39, 0.29) is 22.9 Å². The Hall–Kier alpha value is -2.18. The Labute approximate surface area is 110 Å². The molecule has 7 heteroatoms. The second kappa shape index (κ2) is 4.83. The molecule has 0 saturated heterocycles. The van der Waals surface area contributed by atoms with E-state index in [1.54, 1.807) is 6.08 Å². The van der Waals surface area contributed by atoms with Gasteiger partial charge in [0.05, 0.1) is 0 Å². The van der Waals surface area contributed by atoms with Crippen molar-refractivity contribution in [3.63, 3.8) is 0 Å². The van der Waals surface area contributed by atoms with Gasteiger partial charge in [-0.2, -0.15) is 0 Å². The lowest BCUT2D eigenvalue weighted by Gasteiger charge is -2.28. The highest BCUT2D eigenvalue weighted by Gasteiger charge is 2.28. The molecule has 1 aliphatic carbocycles. The maximum atomic E-state index is 11.6. The number of hydrogen-bond acceptors (Lipinski definition) is 6. The largest absolute Gasteiger partial charge is 0.338 e. The molecule has 1 aliphatic rings. The monoisotopic (exact) mass is 264 g/mol. The van der Waals surface area contributed by atoms with Crippen LogP contribution in [0.4, 0.5) is 11.6 Å². The first kappa shape index (κ1) is 13.3. The van der Waals surface area contributed by atoms with E-state index < -0.39 is 0 Å². The summed E-state index contributed by atoms with van der Waals surface area (Å²) < 4.78 is 4.58. The van der Waals surface area contributed by atoms with Gasteiger partial charge in [-0.25, -0.2) is 4.63 Å². The van der Waals surface area contributed by atoms with Crippen molar-refractivity contribution in [3.05, 3.63) is 11.8 Å². The van der Waals surface area contributed by atoms with Crippen molar-refractivity contribution in [2.24, 2.45) is 5.41 Å². The minimum Gasteiger partial charge on any atom is -0.338 e.